The van der Waals surface area contributed by atoms with Gasteiger partial charge in [-0.05, 0) is 72.0 Å². The number of fused-ring (bicyclic) bond motifs is 1. The lowest BCUT2D eigenvalue weighted by molar-refractivity contribution is -0.153. The topological polar surface area (TPSA) is 21.7 Å². The summed E-state index contributed by atoms with van der Waals surface area (Å²) in [5, 5.41) is 0. The second kappa shape index (κ2) is 8.17. The molecule has 162 valence electrons. The molecule has 1 aliphatic heterocycles. The minimum atomic E-state index is -4.45. The molecule has 0 aliphatic carbocycles. The lowest BCUT2D eigenvalue weighted by atomic mass is 9.82. The Bertz CT molecular complexity index is 1050. The normalized spacial score (nSPS) is 18.5. The van der Waals surface area contributed by atoms with Crippen molar-refractivity contribution >= 4 is 5.69 Å². The Morgan fingerprint density at radius 1 is 0.839 bits per heavy atom. The van der Waals surface area contributed by atoms with Crippen molar-refractivity contribution < 1.29 is 22.6 Å². The number of hydrogen-bond acceptors (Lipinski definition) is 3. The van der Waals surface area contributed by atoms with Crippen molar-refractivity contribution in [2.24, 2.45) is 0 Å². The number of benzene rings is 3. The standard InChI is InChI=1S/C25H24F3NO2/c1-16-5-4-6-21-22(16)15-23(17-7-11-19(30-2)12-8-17)29(24(21)25(26,27)28)18-9-13-20(31-3)14-10-18/h4-14,23-24H,15H2,1-3H3/t23-,24+/m1/s1. The van der Waals surface area contributed by atoms with Gasteiger partial charge in [0.25, 0.3) is 0 Å². The smallest absolute Gasteiger partial charge is 0.413 e. The van der Waals surface area contributed by atoms with Gasteiger partial charge in [0.2, 0.25) is 0 Å². The number of halogens is 3. The number of rotatable bonds is 4. The van der Waals surface area contributed by atoms with Crippen LogP contribution >= 0.6 is 0 Å². The molecule has 2 atom stereocenters. The summed E-state index contributed by atoms with van der Waals surface area (Å²) in [6.45, 7) is 1.88. The first kappa shape index (κ1) is 21.1. The van der Waals surface area contributed by atoms with Crippen molar-refractivity contribution in [3.63, 3.8) is 0 Å². The van der Waals surface area contributed by atoms with Gasteiger partial charge in [-0.15, -0.1) is 0 Å². The molecular formula is C25H24F3NO2. The minimum absolute atomic E-state index is 0.313. The minimum Gasteiger partial charge on any atom is -0.497 e. The molecule has 0 bridgehead atoms. The van der Waals surface area contributed by atoms with Crippen LogP contribution in [0.25, 0.3) is 0 Å². The summed E-state index contributed by atoms with van der Waals surface area (Å²) in [5.41, 5.74) is 3.25. The van der Waals surface area contributed by atoms with Gasteiger partial charge < -0.3 is 14.4 Å². The average molecular weight is 427 g/mol. The van der Waals surface area contributed by atoms with Crippen LogP contribution < -0.4 is 14.4 Å². The molecule has 3 aromatic carbocycles. The summed E-state index contributed by atoms with van der Waals surface area (Å²) >= 11 is 0. The highest BCUT2D eigenvalue weighted by molar-refractivity contribution is 5.58. The van der Waals surface area contributed by atoms with Crippen LogP contribution in [0.2, 0.25) is 0 Å². The Morgan fingerprint density at radius 3 is 1.97 bits per heavy atom. The summed E-state index contributed by atoms with van der Waals surface area (Å²) in [5.74, 6) is 1.26. The molecule has 1 heterocycles. The molecule has 1 aliphatic rings. The van der Waals surface area contributed by atoms with Crippen LogP contribution in [0.3, 0.4) is 0 Å². The molecule has 4 rings (SSSR count). The molecule has 31 heavy (non-hydrogen) atoms. The van der Waals surface area contributed by atoms with Gasteiger partial charge in [-0.2, -0.15) is 13.2 Å². The van der Waals surface area contributed by atoms with E-state index in [1.807, 2.05) is 25.1 Å². The van der Waals surface area contributed by atoms with Crippen molar-refractivity contribution in [1.82, 2.24) is 0 Å². The van der Waals surface area contributed by atoms with Crippen molar-refractivity contribution in [2.45, 2.75) is 31.6 Å². The Kier molecular flexibility index (Phi) is 5.56. The number of nitrogens with zero attached hydrogens (tertiary/aromatic N) is 1. The molecule has 3 nitrogen and oxygen atoms in total. The SMILES string of the molecule is COc1ccc([C@H]2Cc3c(C)cccc3[C@@H](C(F)(F)F)N2c2ccc(OC)cc2)cc1. The van der Waals surface area contributed by atoms with Crippen LogP contribution in [0.15, 0.2) is 66.7 Å². The maximum absolute atomic E-state index is 14.6. The van der Waals surface area contributed by atoms with Gasteiger partial charge in [0.05, 0.1) is 20.3 Å². The average Bonchev–Trinajstić information content (AvgIpc) is 2.77. The van der Waals surface area contributed by atoms with E-state index in [1.54, 1.807) is 55.6 Å². The van der Waals surface area contributed by atoms with Gasteiger partial charge in [0.15, 0.2) is 6.04 Å². The van der Waals surface area contributed by atoms with E-state index in [0.29, 0.717) is 29.2 Å². The van der Waals surface area contributed by atoms with Crippen molar-refractivity contribution in [1.29, 1.82) is 0 Å². The van der Waals surface area contributed by atoms with Crippen molar-refractivity contribution in [3.05, 3.63) is 89.0 Å². The lowest BCUT2D eigenvalue weighted by Gasteiger charge is -2.46. The van der Waals surface area contributed by atoms with Gasteiger partial charge in [-0.25, -0.2) is 0 Å². The molecule has 6 heteroatoms. The molecule has 0 amide bonds. The maximum Gasteiger partial charge on any atom is 0.413 e. The van der Waals surface area contributed by atoms with Crippen molar-refractivity contribution in [2.75, 3.05) is 19.1 Å². The monoisotopic (exact) mass is 427 g/mol. The number of hydrogen-bond donors (Lipinski definition) is 0. The number of aryl methyl sites for hydroxylation is 1. The summed E-state index contributed by atoms with van der Waals surface area (Å²) < 4.78 is 54.1. The second-order valence-corrected chi connectivity index (χ2v) is 7.69. The van der Waals surface area contributed by atoms with E-state index in [4.69, 9.17) is 9.47 Å². The molecule has 0 unspecified atom stereocenters. The first-order valence-corrected chi connectivity index (χ1v) is 10.0. The van der Waals surface area contributed by atoms with Crippen LogP contribution in [0.5, 0.6) is 11.5 Å². The van der Waals surface area contributed by atoms with E-state index in [0.717, 1.165) is 16.7 Å². The predicted molar refractivity (Wildman–Crippen MR) is 115 cm³/mol. The van der Waals surface area contributed by atoms with E-state index < -0.39 is 18.3 Å². The zero-order valence-electron chi connectivity index (χ0n) is 17.6. The Hall–Kier alpha value is -3.15. The zero-order valence-corrected chi connectivity index (χ0v) is 17.6. The number of methoxy groups -OCH3 is 2. The van der Waals surface area contributed by atoms with Crippen LogP contribution in [0.1, 0.15) is 34.3 Å². The third-order valence-electron chi connectivity index (χ3n) is 5.93. The molecule has 0 saturated heterocycles. The van der Waals surface area contributed by atoms with Gasteiger partial charge >= 0.3 is 6.18 Å². The molecule has 0 fully saturated rings. The zero-order chi connectivity index (χ0) is 22.2. The first-order valence-electron chi connectivity index (χ1n) is 10.0. The first-order chi connectivity index (χ1) is 14.8. The van der Waals surface area contributed by atoms with Crippen LogP contribution in [0.4, 0.5) is 18.9 Å². The van der Waals surface area contributed by atoms with Crippen molar-refractivity contribution in [3.8, 4) is 11.5 Å². The van der Waals surface area contributed by atoms with E-state index >= 15 is 0 Å². The third kappa shape index (κ3) is 3.94. The van der Waals surface area contributed by atoms with Gasteiger partial charge in [0.1, 0.15) is 11.5 Å². The predicted octanol–water partition coefficient (Wildman–Crippen LogP) is 6.42. The summed E-state index contributed by atoms with van der Waals surface area (Å²) in [6.07, 6.45) is -3.97. The fourth-order valence-electron chi connectivity index (χ4n) is 4.40. The van der Waals surface area contributed by atoms with E-state index in [2.05, 4.69) is 0 Å². The van der Waals surface area contributed by atoms with Gasteiger partial charge in [-0.3, -0.25) is 0 Å². The Labute approximate surface area is 180 Å². The van der Waals surface area contributed by atoms with Crippen LogP contribution in [-0.4, -0.2) is 20.4 Å². The summed E-state index contributed by atoms with van der Waals surface area (Å²) in [4.78, 5) is 1.49. The largest absolute Gasteiger partial charge is 0.497 e. The van der Waals surface area contributed by atoms with E-state index in [-0.39, 0.29) is 0 Å². The lowest BCUT2D eigenvalue weighted by Crippen LogP contribution is -2.45. The fraction of sp³-hybridized carbons (Fsp3) is 0.280. The second-order valence-electron chi connectivity index (χ2n) is 7.69. The fourth-order valence-corrected chi connectivity index (χ4v) is 4.40. The Balaban J connectivity index is 1.92. The number of anilines is 1. The van der Waals surface area contributed by atoms with E-state index in [9.17, 15) is 13.2 Å². The Morgan fingerprint density at radius 2 is 1.42 bits per heavy atom. The van der Waals surface area contributed by atoms with Crippen LogP contribution in [0, 0.1) is 6.92 Å². The summed E-state index contributed by atoms with van der Waals surface area (Å²) in [6, 6.07) is 17.0. The maximum atomic E-state index is 14.6. The molecule has 0 N–H and O–H groups in total. The van der Waals surface area contributed by atoms with Gasteiger partial charge in [-0.1, -0.05) is 30.3 Å². The molecular weight excluding hydrogens is 403 g/mol. The molecule has 3 aromatic rings. The number of alkyl halides is 3. The van der Waals surface area contributed by atoms with Gasteiger partial charge in [0, 0.05) is 5.69 Å². The van der Waals surface area contributed by atoms with Crippen LogP contribution in [-0.2, 0) is 6.42 Å². The number of ether oxygens (including phenoxy) is 2. The highest BCUT2D eigenvalue weighted by Gasteiger charge is 2.50. The highest BCUT2D eigenvalue weighted by atomic mass is 19.4. The molecule has 0 aromatic heterocycles. The molecule has 0 saturated carbocycles. The molecule has 0 radical (unpaired) electrons. The summed E-state index contributed by atoms with van der Waals surface area (Å²) in [7, 11) is 3.10. The third-order valence-corrected chi connectivity index (χ3v) is 5.93. The highest BCUT2D eigenvalue weighted by Crippen LogP contribution is 2.50. The molecule has 0 spiro atoms. The van der Waals surface area contributed by atoms with E-state index in [1.165, 1.54) is 12.0 Å². The quantitative estimate of drug-likeness (QED) is 0.480.